The molecule has 1 aromatic heterocycles. The van der Waals surface area contributed by atoms with Crippen LogP contribution in [0.4, 0.5) is 5.82 Å². The van der Waals surface area contributed by atoms with Crippen LogP contribution in [0.5, 0.6) is 0 Å². The molecule has 15 heavy (non-hydrogen) atoms. The van der Waals surface area contributed by atoms with Gasteiger partial charge in [-0.2, -0.15) is 5.26 Å². The smallest absolute Gasteiger partial charge is 0.141 e. The second-order valence-corrected chi connectivity index (χ2v) is 4.77. The van der Waals surface area contributed by atoms with Gasteiger partial charge in [-0.05, 0) is 35.8 Å². The second kappa shape index (κ2) is 3.23. The molecule has 0 unspecified atom stereocenters. The number of hydrogen-bond donors (Lipinski definition) is 1. The maximum atomic E-state index is 9.14. The molecule has 78 valence electrons. The van der Waals surface area contributed by atoms with Gasteiger partial charge in [-0.1, -0.05) is 13.8 Å². The van der Waals surface area contributed by atoms with Crippen molar-refractivity contribution in [1.82, 2.24) is 4.98 Å². The van der Waals surface area contributed by atoms with Crippen LogP contribution in [0.15, 0.2) is 6.20 Å². The molecule has 0 aliphatic heterocycles. The Balaban J connectivity index is 2.73. The summed E-state index contributed by atoms with van der Waals surface area (Å²) < 4.78 is 0. The Morgan fingerprint density at radius 2 is 2.27 bits per heavy atom. The molecule has 0 amide bonds. The number of anilines is 1. The monoisotopic (exact) mass is 201 g/mol. The van der Waals surface area contributed by atoms with Gasteiger partial charge in [0.1, 0.15) is 11.9 Å². The molecule has 0 saturated carbocycles. The lowest BCUT2D eigenvalue weighted by molar-refractivity contribution is 0.430. The average Bonchev–Trinajstić information content (AvgIpc) is 2.18. The largest absolute Gasteiger partial charge is 0.383 e. The number of pyridine rings is 1. The van der Waals surface area contributed by atoms with Crippen LogP contribution < -0.4 is 5.73 Å². The summed E-state index contributed by atoms with van der Waals surface area (Å²) in [4.78, 5) is 4.08. The van der Waals surface area contributed by atoms with Gasteiger partial charge < -0.3 is 5.73 Å². The van der Waals surface area contributed by atoms with Crippen LogP contribution in [0.2, 0.25) is 0 Å². The van der Waals surface area contributed by atoms with E-state index >= 15 is 0 Å². The number of aryl methyl sites for hydroxylation is 1. The van der Waals surface area contributed by atoms with Gasteiger partial charge in [0, 0.05) is 6.20 Å². The summed E-state index contributed by atoms with van der Waals surface area (Å²) in [5.41, 5.74) is 8.68. The molecule has 2 rings (SSSR count). The quantitative estimate of drug-likeness (QED) is 0.699. The van der Waals surface area contributed by atoms with Crippen molar-refractivity contribution < 1.29 is 0 Å². The Hall–Kier alpha value is -1.56. The molecule has 3 nitrogen and oxygen atoms in total. The highest BCUT2D eigenvalue weighted by molar-refractivity contribution is 5.58. The third kappa shape index (κ3) is 1.46. The maximum absolute atomic E-state index is 9.14. The molecule has 0 aromatic carbocycles. The molecule has 3 heteroatoms. The zero-order valence-corrected chi connectivity index (χ0v) is 9.17. The Morgan fingerprint density at radius 1 is 1.53 bits per heavy atom. The summed E-state index contributed by atoms with van der Waals surface area (Å²) in [6.07, 6.45) is 5.11. The molecule has 0 radical (unpaired) electrons. The van der Waals surface area contributed by atoms with E-state index in [1.165, 1.54) is 5.56 Å². The Morgan fingerprint density at radius 3 is 2.93 bits per heavy atom. The summed E-state index contributed by atoms with van der Waals surface area (Å²) >= 11 is 0. The van der Waals surface area contributed by atoms with Gasteiger partial charge in [-0.3, -0.25) is 0 Å². The predicted octanol–water partition coefficient (Wildman–Crippen LogP) is 2.15. The Bertz CT molecular complexity index is 441. The van der Waals surface area contributed by atoms with Crippen molar-refractivity contribution in [1.29, 1.82) is 5.26 Å². The fourth-order valence-electron chi connectivity index (χ4n) is 2.49. The lowest BCUT2D eigenvalue weighted by Gasteiger charge is -2.33. The van der Waals surface area contributed by atoms with Crippen LogP contribution in [0, 0.1) is 11.3 Å². The number of aromatic nitrogens is 1. The highest BCUT2D eigenvalue weighted by Crippen LogP contribution is 2.39. The first kappa shape index (κ1) is 9.97. The summed E-state index contributed by atoms with van der Waals surface area (Å²) in [5, 5.41) is 9.14. The number of nitrogens with zero attached hydrogens (tertiary/aromatic N) is 2. The van der Waals surface area contributed by atoms with Crippen molar-refractivity contribution in [3.63, 3.8) is 0 Å². The molecular formula is C12H15N3. The molecule has 0 spiro atoms. The lowest BCUT2D eigenvalue weighted by atomic mass is 9.71. The molecule has 2 N–H and O–H groups in total. The zero-order chi connectivity index (χ0) is 11.1. The van der Waals surface area contributed by atoms with E-state index < -0.39 is 0 Å². The lowest BCUT2D eigenvalue weighted by Crippen LogP contribution is -2.26. The van der Waals surface area contributed by atoms with Crippen LogP contribution in [0.1, 0.15) is 43.4 Å². The number of nitrogens with two attached hydrogens (primary N) is 1. The average molecular weight is 201 g/mol. The van der Waals surface area contributed by atoms with E-state index in [0.717, 1.165) is 24.8 Å². The zero-order valence-electron chi connectivity index (χ0n) is 9.17. The Kier molecular flexibility index (Phi) is 2.15. The third-order valence-electron chi connectivity index (χ3n) is 3.22. The first-order chi connectivity index (χ1) is 7.06. The maximum Gasteiger partial charge on any atom is 0.141 e. The fraction of sp³-hybridized carbons (Fsp3) is 0.500. The van der Waals surface area contributed by atoms with Gasteiger partial charge in [0.15, 0.2) is 0 Å². The van der Waals surface area contributed by atoms with Crippen molar-refractivity contribution in [2.75, 3.05) is 5.73 Å². The second-order valence-electron chi connectivity index (χ2n) is 4.77. The first-order valence-corrected chi connectivity index (χ1v) is 5.24. The van der Waals surface area contributed by atoms with E-state index in [0.29, 0.717) is 11.4 Å². The molecular weight excluding hydrogens is 186 g/mol. The molecule has 0 atom stereocenters. The van der Waals surface area contributed by atoms with Gasteiger partial charge in [0.05, 0.1) is 5.56 Å². The van der Waals surface area contributed by atoms with Gasteiger partial charge >= 0.3 is 0 Å². The van der Waals surface area contributed by atoms with E-state index in [2.05, 4.69) is 24.9 Å². The van der Waals surface area contributed by atoms with E-state index in [-0.39, 0.29) is 5.41 Å². The SMILES string of the molecule is CC1(C)CCCc2cnc(N)c(C#N)c21. The van der Waals surface area contributed by atoms with Crippen LogP contribution in [0.25, 0.3) is 0 Å². The van der Waals surface area contributed by atoms with Gasteiger partial charge in [-0.25, -0.2) is 4.98 Å². The fourth-order valence-corrected chi connectivity index (χ4v) is 2.49. The van der Waals surface area contributed by atoms with Crippen molar-refractivity contribution >= 4 is 5.82 Å². The number of nitriles is 1. The van der Waals surface area contributed by atoms with Crippen LogP contribution >= 0.6 is 0 Å². The van der Waals surface area contributed by atoms with E-state index in [1.54, 1.807) is 0 Å². The molecule has 0 fully saturated rings. The van der Waals surface area contributed by atoms with Crippen LogP contribution in [0.3, 0.4) is 0 Å². The van der Waals surface area contributed by atoms with E-state index in [4.69, 9.17) is 11.0 Å². The Labute approximate surface area is 89.9 Å². The van der Waals surface area contributed by atoms with Crippen LogP contribution in [-0.2, 0) is 11.8 Å². The number of fused-ring (bicyclic) bond motifs is 1. The minimum atomic E-state index is 0.0513. The van der Waals surface area contributed by atoms with Gasteiger partial charge in [0.2, 0.25) is 0 Å². The minimum Gasteiger partial charge on any atom is -0.383 e. The summed E-state index contributed by atoms with van der Waals surface area (Å²) in [6.45, 7) is 4.34. The molecule has 1 aliphatic carbocycles. The number of nitrogen functional groups attached to an aromatic ring is 1. The van der Waals surface area contributed by atoms with Crippen molar-refractivity contribution in [2.45, 2.75) is 38.5 Å². The molecule has 0 bridgehead atoms. The third-order valence-corrected chi connectivity index (χ3v) is 3.22. The molecule has 1 aromatic rings. The van der Waals surface area contributed by atoms with Gasteiger partial charge in [0.25, 0.3) is 0 Å². The normalized spacial score (nSPS) is 17.9. The minimum absolute atomic E-state index is 0.0513. The van der Waals surface area contributed by atoms with Crippen molar-refractivity contribution in [2.24, 2.45) is 0 Å². The number of rotatable bonds is 0. The van der Waals surface area contributed by atoms with Crippen LogP contribution in [-0.4, -0.2) is 4.98 Å². The summed E-state index contributed by atoms with van der Waals surface area (Å²) in [5.74, 6) is 0.367. The van der Waals surface area contributed by atoms with Gasteiger partial charge in [-0.15, -0.1) is 0 Å². The highest BCUT2D eigenvalue weighted by Gasteiger charge is 2.31. The van der Waals surface area contributed by atoms with Crippen molar-refractivity contribution in [3.8, 4) is 6.07 Å². The molecule has 1 heterocycles. The predicted molar refractivity (Wildman–Crippen MR) is 59.3 cm³/mol. The standard InChI is InChI=1S/C12H15N3/c1-12(2)5-3-4-8-7-15-11(14)9(6-13)10(8)12/h7H,3-5H2,1-2H3,(H2,14,15). The molecule has 1 aliphatic rings. The summed E-state index contributed by atoms with van der Waals surface area (Å²) in [7, 11) is 0. The molecule has 0 saturated heterocycles. The van der Waals surface area contributed by atoms with E-state index in [1.807, 2.05) is 6.20 Å². The highest BCUT2D eigenvalue weighted by atomic mass is 14.8. The summed E-state index contributed by atoms with van der Waals surface area (Å²) in [6, 6.07) is 2.19. The van der Waals surface area contributed by atoms with E-state index in [9.17, 15) is 0 Å². The number of hydrogen-bond acceptors (Lipinski definition) is 3. The first-order valence-electron chi connectivity index (χ1n) is 5.24. The van der Waals surface area contributed by atoms with Crippen molar-refractivity contribution in [3.05, 3.63) is 22.9 Å². The topological polar surface area (TPSA) is 62.7 Å².